The number of pyridine rings is 1. The number of hydrogen-bond donors (Lipinski definition) is 1. The minimum atomic E-state index is -0.850. The van der Waals surface area contributed by atoms with Gasteiger partial charge in [-0.05, 0) is 29.9 Å². The van der Waals surface area contributed by atoms with Gasteiger partial charge in [0.15, 0.2) is 0 Å². The fraction of sp³-hybridized carbons (Fsp3) is 0.400. The number of carbonyl (C=O) groups is 1. The zero-order chi connectivity index (χ0) is 9.42. The summed E-state index contributed by atoms with van der Waals surface area (Å²) in [4.78, 5) is 14.8. The standard InChI is InChI=1S/C10H11NO2/c1-6-4-8(6)9-5-11-3-2-7(9)10(12)13/h2-3,5-6,8H,4H2,1H3,(H,12,13). The first-order valence-electron chi connectivity index (χ1n) is 4.37. The van der Waals surface area contributed by atoms with Gasteiger partial charge < -0.3 is 5.11 Å². The number of carboxylic acid groups (broad SMARTS) is 1. The van der Waals surface area contributed by atoms with Gasteiger partial charge in [0.05, 0.1) is 5.56 Å². The van der Waals surface area contributed by atoms with E-state index in [0.717, 1.165) is 12.0 Å². The van der Waals surface area contributed by atoms with Crippen molar-refractivity contribution >= 4 is 5.97 Å². The van der Waals surface area contributed by atoms with Crippen LogP contribution in [0.15, 0.2) is 18.5 Å². The van der Waals surface area contributed by atoms with Crippen molar-refractivity contribution in [3.05, 3.63) is 29.6 Å². The monoisotopic (exact) mass is 177 g/mol. The van der Waals surface area contributed by atoms with Gasteiger partial charge in [-0.25, -0.2) is 4.79 Å². The Morgan fingerprint density at radius 3 is 2.92 bits per heavy atom. The molecule has 68 valence electrons. The van der Waals surface area contributed by atoms with Crippen LogP contribution < -0.4 is 0 Å². The van der Waals surface area contributed by atoms with Crippen LogP contribution in [0, 0.1) is 5.92 Å². The summed E-state index contributed by atoms with van der Waals surface area (Å²) in [6, 6.07) is 1.57. The van der Waals surface area contributed by atoms with E-state index in [2.05, 4.69) is 11.9 Å². The molecule has 0 radical (unpaired) electrons. The van der Waals surface area contributed by atoms with E-state index in [1.165, 1.54) is 6.20 Å². The van der Waals surface area contributed by atoms with Gasteiger partial charge in [-0.15, -0.1) is 0 Å². The Bertz CT molecular complexity index is 349. The Morgan fingerprint density at radius 2 is 2.38 bits per heavy atom. The smallest absolute Gasteiger partial charge is 0.336 e. The minimum absolute atomic E-state index is 0.407. The zero-order valence-electron chi connectivity index (χ0n) is 7.40. The molecule has 3 heteroatoms. The van der Waals surface area contributed by atoms with Crippen molar-refractivity contribution in [2.75, 3.05) is 0 Å². The van der Waals surface area contributed by atoms with Gasteiger partial charge in [0, 0.05) is 12.4 Å². The molecule has 1 aromatic heterocycles. The maximum absolute atomic E-state index is 10.8. The number of carboxylic acids is 1. The highest BCUT2D eigenvalue weighted by Gasteiger charge is 2.36. The van der Waals surface area contributed by atoms with Gasteiger partial charge in [-0.1, -0.05) is 6.92 Å². The summed E-state index contributed by atoms with van der Waals surface area (Å²) in [5.41, 5.74) is 1.30. The van der Waals surface area contributed by atoms with Crippen molar-refractivity contribution in [1.29, 1.82) is 0 Å². The second-order valence-electron chi connectivity index (χ2n) is 3.59. The SMILES string of the molecule is CC1CC1c1cnccc1C(=O)O. The summed E-state index contributed by atoms with van der Waals surface area (Å²) in [6.45, 7) is 2.13. The van der Waals surface area contributed by atoms with Gasteiger partial charge in [-0.3, -0.25) is 4.98 Å². The lowest BCUT2D eigenvalue weighted by Crippen LogP contribution is -2.02. The Morgan fingerprint density at radius 1 is 1.69 bits per heavy atom. The molecule has 1 aromatic rings. The van der Waals surface area contributed by atoms with Gasteiger partial charge in [-0.2, -0.15) is 0 Å². The topological polar surface area (TPSA) is 50.2 Å². The summed E-state index contributed by atoms with van der Waals surface area (Å²) in [5.74, 6) is 0.179. The first-order valence-corrected chi connectivity index (χ1v) is 4.37. The molecule has 0 aromatic carbocycles. The van der Waals surface area contributed by atoms with Gasteiger partial charge in [0.2, 0.25) is 0 Å². The average molecular weight is 177 g/mol. The fourth-order valence-corrected chi connectivity index (χ4v) is 1.65. The van der Waals surface area contributed by atoms with E-state index in [-0.39, 0.29) is 0 Å². The first kappa shape index (κ1) is 8.23. The van der Waals surface area contributed by atoms with Crippen molar-refractivity contribution in [3.8, 4) is 0 Å². The molecular formula is C10H11NO2. The average Bonchev–Trinajstić information content (AvgIpc) is 2.82. The molecule has 0 spiro atoms. The quantitative estimate of drug-likeness (QED) is 0.750. The lowest BCUT2D eigenvalue weighted by molar-refractivity contribution is 0.0695. The van der Waals surface area contributed by atoms with Crippen LogP contribution in [0.4, 0.5) is 0 Å². The predicted octanol–water partition coefficient (Wildman–Crippen LogP) is 1.90. The molecule has 1 aliphatic rings. The second-order valence-corrected chi connectivity index (χ2v) is 3.59. The largest absolute Gasteiger partial charge is 0.478 e. The Balaban J connectivity index is 2.38. The van der Waals surface area contributed by atoms with E-state index in [1.54, 1.807) is 12.3 Å². The minimum Gasteiger partial charge on any atom is -0.478 e. The molecule has 0 aliphatic heterocycles. The van der Waals surface area contributed by atoms with Crippen LogP contribution in [0.3, 0.4) is 0 Å². The van der Waals surface area contributed by atoms with Gasteiger partial charge >= 0.3 is 5.97 Å². The van der Waals surface area contributed by atoms with Crippen LogP contribution in [-0.2, 0) is 0 Å². The molecule has 2 atom stereocenters. The van der Waals surface area contributed by atoms with Crippen LogP contribution in [0.5, 0.6) is 0 Å². The highest BCUT2D eigenvalue weighted by molar-refractivity contribution is 5.89. The summed E-state index contributed by atoms with van der Waals surface area (Å²) >= 11 is 0. The molecule has 1 aliphatic carbocycles. The fourth-order valence-electron chi connectivity index (χ4n) is 1.65. The third-order valence-electron chi connectivity index (χ3n) is 2.59. The summed E-state index contributed by atoms with van der Waals surface area (Å²) in [5, 5.41) is 8.90. The molecule has 13 heavy (non-hydrogen) atoms. The van der Waals surface area contributed by atoms with E-state index in [4.69, 9.17) is 5.11 Å². The van der Waals surface area contributed by atoms with Gasteiger partial charge in [0.25, 0.3) is 0 Å². The van der Waals surface area contributed by atoms with Crippen LogP contribution in [-0.4, -0.2) is 16.1 Å². The van der Waals surface area contributed by atoms with Crippen molar-refractivity contribution in [1.82, 2.24) is 4.98 Å². The molecule has 0 saturated heterocycles. The Labute approximate surface area is 76.4 Å². The second kappa shape index (κ2) is 2.83. The number of aromatic carboxylic acids is 1. The van der Waals surface area contributed by atoms with Crippen molar-refractivity contribution < 1.29 is 9.90 Å². The molecule has 1 heterocycles. The Kier molecular flexibility index (Phi) is 1.79. The maximum Gasteiger partial charge on any atom is 0.336 e. The third kappa shape index (κ3) is 1.41. The van der Waals surface area contributed by atoms with Gasteiger partial charge in [0.1, 0.15) is 0 Å². The van der Waals surface area contributed by atoms with Crippen LogP contribution >= 0.6 is 0 Å². The van der Waals surface area contributed by atoms with Crippen LogP contribution in [0.1, 0.15) is 35.2 Å². The molecule has 2 unspecified atom stereocenters. The molecule has 0 amide bonds. The van der Waals surface area contributed by atoms with E-state index in [1.807, 2.05) is 0 Å². The van der Waals surface area contributed by atoms with Crippen LogP contribution in [0.2, 0.25) is 0 Å². The summed E-state index contributed by atoms with van der Waals surface area (Å²) < 4.78 is 0. The molecule has 1 fully saturated rings. The normalized spacial score (nSPS) is 25.6. The van der Waals surface area contributed by atoms with Crippen molar-refractivity contribution in [2.45, 2.75) is 19.3 Å². The molecule has 1 saturated carbocycles. The predicted molar refractivity (Wildman–Crippen MR) is 47.7 cm³/mol. The number of nitrogens with zero attached hydrogens (tertiary/aromatic N) is 1. The number of hydrogen-bond acceptors (Lipinski definition) is 2. The van der Waals surface area contributed by atoms with E-state index < -0.39 is 5.97 Å². The summed E-state index contributed by atoms with van der Waals surface area (Å²) in [6.07, 6.45) is 4.30. The Hall–Kier alpha value is -1.38. The molecule has 2 rings (SSSR count). The maximum atomic E-state index is 10.8. The van der Waals surface area contributed by atoms with E-state index >= 15 is 0 Å². The van der Waals surface area contributed by atoms with Crippen LogP contribution in [0.25, 0.3) is 0 Å². The van der Waals surface area contributed by atoms with E-state index in [9.17, 15) is 4.79 Å². The number of aromatic nitrogens is 1. The molecular weight excluding hydrogens is 166 g/mol. The van der Waals surface area contributed by atoms with E-state index in [0.29, 0.717) is 17.4 Å². The third-order valence-corrected chi connectivity index (χ3v) is 2.59. The highest BCUT2D eigenvalue weighted by atomic mass is 16.4. The molecule has 3 nitrogen and oxygen atoms in total. The van der Waals surface area contributed by atoms with Crippen molar-refractivity contribution in [2.24, 2.45) is 5.92 Å². The summed E-state index contributed by atoms with van der Waals surface area (Å²) in [7, 11) is 0. The lowest BCUT2D eigenvalue weighted by atomic mass is 10.1. The molecule has 0 bridgehead atoms. The zero-order valence-corrected chi connectivity index (χ0v) is 7.40. The molecule has 1 N–H and O–H groups in total. The highest BCUT2D eigenvalue weighted by Crippen LogP contribution is 2.47. The first-order chi connectivity index (χ1) is 6.20. The number of rotatable bonds is 2. The lowest BCUT2D eigenvalue weighted by Gasteiger charge is -2.02. The van der Waals surface area contributed by atoms with Crippen molar-refractivity contribution in [3.63, 3.8) is 0 Å².